The van der Waals surface area contributed by atoms with Crippen LogP contribution in [0.3, 0.4) is 0 Å². The minimum atomic E-state index is -1.07. The van der Waals surface area contributed by atoms with Gasteiger partial charge in [0, 0.05) is 0 Å². The first-order chi connectivity index (χ1) is 6.86. The van der Waals surface area contributed by atoms with Crippen LogP contribution in [0.25, 0.3) is 0 Å². The Balaban J connectivity index is 3.29. The second-order valence-corrected chi connectivity index (χ2v) is 3.24. The summed E-state index contributed by atoms with van der Waals surface area (Å²) >= 11 is 0. The average Bonchev–Trinajstić information content (AvgIpc) is 2.40. The molecule has 1 aromatic rings. The number of rotatable bonds is 3. The van der Waals surface area contributed by atoms with Gasteiger partial charge in [-0.05, 0) is 20.8 Å². The molecule has 0 amide bonds. The maximum Gasteiger partial charge on any atom is 0.328 e. The molecular weight excluding hydrogens is 202 g/mol. The molecule has 82 valence electrons. The minimum absolute atomic E-state index is 0.122. The maximum atomic E-state index is 10.7. The summed E-state index contributed by atoms with van der Waals surface area (Å²) in [7, 11) is 0. The Bertz CT molecular complexity index is 424. The summed E-state index contributed by atoms with van der Waals surface area (Å²) in [4.78, 5) is 20.8. The zero-order chi connectivity index (χ0) is 11.7. The molecule has 0 radical (unpaired) electrons. The van der Waals surface area contributed by atoms with Crippen LogP contribution < -0.4 is 0 Å². The molecule has 1 N–H and O–H groups in total. The topological polar surface area (TPSA) is 98.3 Å². The van der Waals surface area contributed by atoms with E-state index in [0.29, 0.717) is 0 Å². The Morgan fingerprint density at radius 1 is 1.60 bits per heavy atom. The van der Waals surface area contributed by atoms with Crippen molar-refractivity contribution < 1.29 is 14.8 Å². The van der Waals surface area contributed by atoms with Crippen LogP contribution in [0.1, 0.15) is 24.4 Å². The van der Waals surface area contributed by atoms with Crippen LogP contribution in [0.2, 0.25) is 0 Å². The lowest BCUT2D eigenvalue weighted by atomic mass is 10.3. The van der Waals surface area contributed by atoms with Crippen LogP contribution in [0.5, 0.6) is 0 Å². The van der Waals surface area contributed by atoms with Gasteiger partial charge in [0.05, 0.1) is 4.92 Å². The van der Waals surface area contributed by atoms with Crippen molar-refractivity contribution in [3.8, 4) is 0 Å². The zero-order valence-electron chi connectivity index (χ0n) is 8.59. The van der Waals surface area contributed by atoms with Gasteiger partial charge >= 0.3 is 11.7 Å². The molecule has 1 rings (SSSR count). The van der Waals surface area contributed by atoms with E-state index in [-0.39, 0.29) is 17.1 Å². The highest BCUT2D eigenvalue weighted by atomic mass is 16.6. The SMILES string of the molecule is Cc1nn([C@@H](C)C(=O)O)c(C)c1[N+](=O)[O-]. The van der Waals surface area contributed by atoms with Crippen LogP contribution in [0, 0.1) is 24.0 Å². The van der Waals surface area contributed by atoms with E-state index < -0.39 is 16.9 Å². The summed E-state index contributed by atoms with van der Waals surface area (Å²) < 4.78 is 1.15. The molecule has 0 aliphatic carbocycles. The summed E-state index contributed by atoms with van der Waals surface area (Å²) in [6.07, 6.45) is 0. The number of hydrogen-bond donors (Lipinski definition) is 1. The van der Waals surface area contributed by atoms with Crippen LogP contribution in [-0.2, 0) is 4.79 Å². The van der Waals surface area contributed by atoms with Gasteiger partial charge in [0.1, 0.15) is 17.4 Å². The fourth-order valence-corrected chi connectivity index (χ4v) is 1.40. The largest absolute Gasteiger partial charge is 0.480 e. The van der Waals surface area contributed by atoms with Crippen molar-refractivity contribution in [2.75, 3.05) is 0 Å². The Morgan fingerprint density at radius 2 is 2.13 bits per heavy atom. The predicted octanol–water partition coefficient (Wildman–Crippen LogP) is 1.05. The van der Waals surface area contributed by atoms with Crippen molar-refractivity contribution in [1.29, 1.82) is 0 Å². The number of nitro groups is 1. The third-order valence-corrected chi connectivity index (χ3v) is 2.19. The summed E-state index contributed by atoms with van der Waals surface area (Å²) in [5.41, 5.74) is 0.362. The van der Waals surface area contributed by atoms with Crippen LogP contribution in [0.15, 0.2) is 0 Å². The van der Waals surface area contributed by atoms with Crippen LogP contribution >= 0.6 is 0 Å². The van der Waals surface area contributed by atoms with Gasteiger partial charge in [0.2, 0.25) is 0 Å². The molecule has 0 saturated heterocycles. The molecule has 15 heavy (non-hydrogen) atoms. The fraction of sp³-hybridized carbons (Fsp3) is 0.500. The van der Waals surface area contributed by atoms with Gasteiger partial charge in [-0.15, -0.1) is 0 Å². The number of aromatic nitrogens is 2. The fourth-order valence-electron chi connectivity index (χ4n) is 1.40. The van der Waals surface area contributed by atoms with E-state index in [1.54, 1.807) is 0 Å². The zero-order valence-corrected chi connectivity index (χ0v) is 8.59. The standard InChI is InChI=1S/C8H11N3O4/c1-4-7(11(14)15)5(2)10(9-4)6(3)8(12)13/h6H,1-3H3,(H,12,13)/t6-/m0/s1. The van der Waals surface area contributed by atoms with E-state index in [1.807, 2.05) is 0 Å². The monoisotopic (exact) mass is 213 g/mol. The van der Waals surface area contributed by atoms with E-state index in [4.69, 9.17) is 5.11 Å². The van der Waals surface area contributed by atoms with Crippen LogP contribution in [-0.4, -0.2) is 25.8 Å². The molecule has 0 aromatic carbocycles. The number of aliphatic carboxylic acids is 1. The molecule has 0 spiro atoms. The maximum absolute atomic E-state index is 10.7. The Hall–Kier alpha value is -1.92. The second kappa shape index (κ2) is 3.68. The Kier molecular flexibility index (Phi) is 2.74. The number of aryl methyl sites for hydroxylation is 1. The third-order valence-electron chi connectivity index (χ3n) is 2.19. The number of carboxylic acid groups (broad SMARTS) is 1. The normalized spacial score (nSPS) is 12.5. The lowest BCUT2D eigenvalue weighted by Gasteiger charge is -2.07. The van der Waals surface area contributed by atoms with Crippen molar-refractivity contribution in [3.63, 3.8) is 0 Å². The molecule has 7 heteroatoms. The summed E-state index contributed by atoms with van der Waals surface area (Å²) in [6.45, 7) is 4.39. The molecular formula is C8H11N3O4. The van der Waals surface area contributed by atoms with Crippen molar-refractivity contribution in [2.24, 2.45) is 0 Å². The highest BCUT2D eigenvalue weighted by molar-refractivity contribution is 5.71. The average molecular weight is 213 g/mol. The van der Waals surface area contributed by atoms with Gasteiger partial charge in [-0.2, -0.15) is 5.10 Å². The molecule has 0 fully saturated rings. The number of carboxylic acids is 1. The first-order valence-corrected chi connectivity index (χ1v) is 4.29. The molecule has 0 aliphatic rings. The number of carbonyl (C=O) groups is 1. The quantitative estimate of drug-likeness (QED) is 0.597. The first-order valence-electron chi connectivity index (χ1n) is 4.29. The molecule has 1 atom stereocenters. The van der Waals surface area contributed by atoms with Crippen molar-refractivity contribution in [2.45, 2.75) is 26.8 Å². The van der Waals surface area contributed by atoms with Gasteiger partial charge in [-0.1, -0.05) is 0 Å². The van der Waals surface area contributed by atoms with E-state index in [1.165, 1.54) is 20.8 Å². The lowest BCUT2D eigenvalue weighted by Crippen LogP contribution is -2.18. The van der Waals surface area contributed by atoms with Crippen molar-refractivity contribution in [3.05, 3.63) is 21.5 Å². The summed E-state index contributed by atoms with van der Waals surface area (Å²) in [5, 5.41) is 23.3. The van der Waals surface area contributed by atoms with Gasteiger partial charge in [0.25, 0.3) is 0 Å². The highest BCUT2D eigenvalue weighted by Gasteiger charge is 2.26. The molecule has 0 unspecified atom stereocenters. The highest BCUT2D eigenvalue weighted by Crippen LogP contribution is 2.24. The molecule has 0 saturated carbocycles. The second-order valence-electron chi connectivity index (χ2n) is 3.24. The van der Waals surface area contributed by atoms with E-state index in [9.17, 15) is 14.9 Å². The van der Waals surface area contributed by atoms with Gasteiger partial charge in [-0.25, -0.2) is 9.48 Å². The summed E-state index contributed by atoms with van der Waals surface area (Å²) in [6, 6.07) is -0.905. The van der Waals surface area contributed by atoms with Gasteiger partial charge < -0.3 is 5.11 Å². The number of hydrogen-bond acceptors (Lipinski definition) is 4. The first kappa shape index (κ1) is 11.2. The van der Waals surface area contributed by atoms with Crippen LogP contribution in [0.4, 0.5) is 5.69 Å². The molecule has 1 heterocycles. The van der Waals surface area contributed by atoms with E-state index in [0.717, 1.165) is 4.68 Å². The lowest BCUT2D eigenvalue weighted by molar-refractivity contribution is -0.386. The Morgan fingerprint density at radius 3 is 2.47 bits per heavy atom. The smallest absolute Gasteiger partial charge is 0.328 e. The van der Waals surface area contributed by atoms with Crippen molar-refractivity contribution >= 4 is 11.7 Å². The predicted molar refractivity (Wildman–Crippen MR) is 50.7 cm³/mol. The summed E-state index contributed by atoms with van der Waals surface area (Å²) in [5.74, 6) is -1.07. The molecule has 0 bridgehead atoms. The molecule has 0 aliphatic heterocycles. The minimum Gasteiger partial charge on any atom is -0.480 e. The third kappa shape index (κ3) is 1.80. The number of nitrogens with zero attached hydrogens (tertiary/aromatic N) is 3. The van der Waals surface area contributed by atoms with Crippen molar-refractivity contribution in [1.82, 2.24) is 9.78 Å². The molecule has 1 aromatic heterocycles. The van der Waals surface area contributed by atoms with Gasteiger partial charge in [-0.3, -0.25) is 10.1 Å². The Labute approximate surface area is 85.5 Å². The molecule has 7 nitrogen and oxygen atoms in total. The van der Waals surface area contributed by atoms with Gasteiger partial charge in [0.15, 0.2) is 0 Å². The van der Waals surface area contributed by atoms with E-state index >= 15 is 0 Å². The van der Waals surface area contributed by atoms with E-state index in [2.05, 4.69) is 5.10 Å².